The number of alkyl halides is 3. The van der Waals surface area contributed by atoms with E-state index in [2.05, 4.69) is 0 Å². The molecule has 16 heavy (non-hydrogen) atoms. The van der Waals surface area contributed by atoms with E-state index in [9.17, 15) is 18.0 Å². The van der Waals surface area contributed by atoms with Crippen molar-refractivity contribution in [1.29, 1.82) is 0 Å². The summed E-state index contributed by atoms with van der Waals surface area (Å²) in [5.41, 5.74) is -0.674. The second-order valence-corrected chi connectivity index (χ2v) is 4.28. The van der Waals surface area contributed by atoms with E-state index in [0.717, 1.165) is 11.0 Å². The fraction of sp³-hybridized carbons (Fsp3) is 0.364. The van der Waals surface area contributed by atoms with Gasteiger partial charge in [-0.2, -0.15) is 13.2 Å². The lowest BCUT2D eigenvalue weighted by Gasteiger charge is -2.12. The molecule has 0 bridgehead atoms. The van der Waals surface area contributed by atoms with Gasteiger partial charge in [0.05, 0.1) is 5.56 Å². The van der Waals surface area contributed by atoms with Gasteiger partial charge < -0.3 is 0 Å². The molecule has 0 amide bonds. The Balaban J connectivity index is 3.21. The minimum Gasteiger partial charge on any atom is -0.300 e. The molecule has 0 radical (unpaired) electrons. The summed E-state index contributed by atoms with van der Waals surface area (Å²) < 4.78 is 37.8. The second kappa shape index (κ2) is 4.91. The summed E-state index contributed by atoms with van der Waals surface area (Å²) in [5, 5.41) is 0. The van der Waals surface area contributed by atoms with Crippen LogP contribution in [0.2, 0.25) is 0 Å². The summed E-state index contributed by atoms with van der Waals surface area (Å²) in [7, 11) is 0. The smallest absolute Gasteiger partial charge is 0.300 e. The summed E-state index contributed by atoms with van der Waals surface area (Å²) in [6.45, 7) is 1.28. The number of hydrogen-bond donors (Lipinski definition) is 0. The predicted molar refractivity (Wildman–Crippen MR) is 57.6 cm³/mol. The van der Waals surface area contributed by atoms with Crippen LogP contribution in [0.3, 0.4) is 0 Å². The van der Waals surface area contributed by atoms with Gasteiger partial charge in [0.15, 0.2) is 0 Å². The molecule has 88 valence electrons. The Morgan fingerprint density at radius 1 is 1.38 bits per heavy atom. The number of hydrogen-bond acceptors (Lipinski definition) is 2. The molecular formula is C11H11F3OS. The first-order chi connectivity index (χ1) is 7.34. The van der Waals surface area contributed by atoms with Gasteiger partial charge in [0.1, 0.15) is 5.78 Å². The summed E-state index contributed by atoms with van der Waals surface area (Å²) in [6, 6.07) is 3.87. The molecule has 0 heterocycles. The molecule has 5 heteroatoms. The number of carbonyl (C=O) groups is 1. The van der Waals surface area contributed by atoms with E-state index in [1.807, 2.05) is 0 Å². The van der Waals surface area contributed by atoms with Gasteiger partial charge in [-0.05, 0) is 36.9 Å². The Morgan fingerprint density at radius 3 is 2.44 bits per heavy atom. The lowest BCUT2D eigenvalue weighted by Crippen LogP contribution is -2.11. The Kier molecular flexibility index (Phi) is 4.02. The van der Waals surface area contributed by atoms with Crippen LogP contribution in [-0.4, -0.2) is 12.0 Å². The number of benzene rings is 1. The molecule has 0 atom stereocenters. The summed E-state index contributed by atoms with van der Waals surface area (Å²) in [6.07, 6.45) is -2.80. The minimum absolute atomic E-state index is 0.0480. The number of thioether (sulfide) groups is 1. The van der Waals surface area contributed by atoms with E-state index < -0.39 is 11.7 Å². The number of carbonyl (C=O) groups excluding carboxylic acids is 1. The molecule has 0 aliphatic carbocycles. The van der Waals surface area contributed by atoms with Gasteiger partial charge in [-0.25, -0.2) is 0 Å². The van der Waals surface area contributed by atoms with E-state index >= 15 is 0 Å². The highest BCUT2D eigenvalue weighted by Gasteiger charge is 2.33. The van der Waals surface area contributed by atoms with E-state index in [1.165, 1.54) is 30.8 Å². The van der Waals surface area contributed by atoms with Crippen LogP contribution in [0.15, 0.2) is 23.1 Å². The van der Waals surface area contributed by atoms with Crippen molar-refractivity contribution in [3.05, 3.63) is 29.3 Å². The summed E-state index contributed by atoms with van der Waals surface area (Å²) in [4.78, 5) is 11.6. The molecule has 0 N–H and O–H groups in total. The highest BCUT2D eigenvalue weighted by atomic mass is 32.2. The highest BCUT2D eigenvalue weighted by Crippen LogP contribution is 2.34. The van der Waals surface area contributed by atoms with Crippen molar-refractivity contribution in [2.45, 2.75) is 24.4 Å². The lowest BCUT2D eigenvalue weighted by molar-refractivity contribution is -0.138. The van der Waals surface area contributed by atoms with Crippen molar-refractivity contribution >= 4 is 17.5 Å². The summed E-state index contributed by atoms with van der Waals surface area (Å²) >= 11 is 1.35. The van der Waals surface area contributed by atoms with Gasteiger partial charge in [-0.15, -0.1) is 11.8 Å². The van der Waals surface area contributed by atoms with Gasteiger partial charge in [-0.1, -0.05) is 0 Å². The molecule has 0 aromatic heterocycles. The van der Waals surface area contributed by atoms with Crippen molar-refractivity contribution in [2.75, 3.05) is 6.26 Å². The third-order valence-corrected chi connectivity index (χ3v) is 2.78. The van der Waals surface area contributed by atoms with Gasteiger partial charge in [0.2, 0.25) is 0 Å². The topological polar surface area (TPSA) is 17.1 Å². The third-order valence-electron chi connectivity index (χ3n) is 2.06. The van der Waals surface area contributed by atoms with E-state index in [-0.39, 0.29) is 17.8 Å². The highest BCUT2D eigenvalue weighted by molar-refractivity contribution is 7.98. The lowest BCUT2D eigenvalue weighted by atomic mass is 10.0. The van der Waals surface area contributed by atoms with Gasteiger partial charge >= 0.3 is 6.18 Å². The molecule has 0 aliphatic rings. The molecule has 0 saturated carbocycles. The van der Waals surface area contributed by atoms with Crippen LogP contribution in [0, 0.1) is 0 Å². The number of Topliss-reactive ketones (excluding diaryl/α,β-unsaturated/α-hetero) is 1. The molecule has 0 saturated heterocycles. The van der Waals surface area contributed by atoms with Crippen LogP contribution < -0.4 is 0 Å². The molecule has 0 unspecified atom stereocenters. The van der Waals surface area contributed by atoms with Crippen molar-refractivity contribution in [3.63, 3.8) is 0 Å². The molecule has 0 aliphatic heterocycles. The molecular weight excluding hydrogens is 237 g/mol. The molecule has 0 fully saturated rings. The normalized spacial score (nSPS) is 11.6. The largest absolute Gasteiger partial charge is 0.416 e. The molecule has 1 nitrogen and oxygen atoms in total. The molecule has 1 aromatic carbocycles. The first-order valence-electron chi connectivity index (χ1n) is 4.58. The molecule has 0 spiro atoms. The average Bonchev–Trinajstić information content (AvgIpc) is 2.14. The first kappa shape index (κ1) is 13.1. The van der Waals surface area contributed by atoms with Crippen LogP contribution in [0.4, 0.5) is 13.2 Å². The third kappa shape index (κ3) is 3.27. The monoisotopic (exact) mass is 248 g/mol. The second-order valence-electron chi connectivity index (χ2n) is 3.40. The standard InChI is InChI=1S/C11H11F3OS/c1-7(15)5-8-6-9(16-2)3-4-10(8)11(12,13)14/h3-4,6H,5H2,1-2H3. The van der Waals surface area contributed by atoms with Crippen molar-refractivity contribution in [3.8, 4) is 0 Å². The van der Waals surface area contributed by atoms with E-state index in [1.54, 1.807) is 6.26 Å². The molecule has 1 rings (SSSR count). The zero-order valence-electron chi connectivity index (χ0n) is 8.89. The number of halogens is 3. The van der Waals surface area contributed by atoms with Crippen molar-refractivity contribution in [2.24, 2.45) is 0 Å². The van der Waals surface area contributed by atoms with Gasteiger partial charge in [0, 0.05) is 11.3 Å². The van der Waals surface area contributed by atoms with Crippen molar-refractivity contribution in [1.82, 2.24) is 0 Å². The Labute approximate surface area is 96.0 Å². The van der Waals surface area contributed by atoms with Crippen molar-refractivity contribution < 1.29 is 18.0 Å². The Morgan fingerprint density at radius 2 is 2.00 bits per heavy atom. The number of rotatable bonds is 3. The average molecular weight is 248 g/mol. The van der Waals surface area contributed by atoms with Crippen LogP contribution in [0.5, 0.6) is 0 Å². The fourth-order valence-corrected chi connectivity index (χ4v) is 1.85. The zero-order valence-corrected chi connectivity index (χ0v) is 9.71. The maximum atomic E-state index is 12.6. The Bertz CT molecular complexity index is 399. The minimum atomic E-state index is -4.40. The van der Waals surface area contributed by atoms with E-state index in [0.29, 0.717) is 0 Å². The van der Waals surface area contributed by atoms with Crippen LogP contribution in [-0.2, 0) is 17.4 Å². The summed E-state index contributed by atoms with van der Waals surface area (Å²) in [5.74, 6) is -0.274. The van der Waals surface area contributed by atoms with Crippen LogP contribution >= 0.6 is 11.8 Å². The quantitative estimate of drug-likeness (QED) is 0.761. The SMILES string of the molecule is CSc1ccc(C(F)(F)F)c(CC(C)=O)c1. The predicted octanol–water partition coefficient (Wildman–Crippen LogP) is 3.56. The number of ketones is 1. The fourth-order valence-electron chi connectivity index (χ4n) is 1.39. The van der Waals surface area contributed by atoms with Gasteiger partial charge in [-0.3, -0.25) is 4.79 Å². The Hall–Kier alpha value is -0.970. The molecule has 1 aromatic rings. The van der Waals surface area contributed by atoms with Gasteiger partial charge in [0.25, 0.3) is 0 Å². The maximum Gasteiger partial charge on any atom is 0.416 e. The zero-order chi connectivity index (χ0) is 12.3. The maximum absolute atomic E-state index is 12.6. The van der Waals surface area contributed by atoms with Crippen LogP contribution in [0.1, 0.15) is 18.1 Å². The van der Waals surface area contributed by atoms with Crippen LogP contribution in [0.25, 0.3) is 0 Å². The van der Waals surface area contributed by atoms with E-state index in [4.69, 9.17) is 0 Å². The first-order valence-corrected chi connectivity index (χ1v) is 5.80.